The third-order valence-corrected chi connectivity index (χ3v) is 5.84. The fourth-order valence-electron chi connectivity index (χ4n) is 3.08. The zero-order chi connectivity index (χ0) is 22.9. The van der Waals surface area contributed by atoms with Crippen molar-refractivity contribution in [3.8, 4) is 22.3 Å². The standard InChI is InChI=1S/C22H23F4N3OS.ClH/c1-6-29(5)8-7-14-9-12(3)15(10-11(14)2)30-22-27-21(28-31-22)16-19(25)17(23)13(4)18(24)20(16)26;/h9-10H,6-8H2,1-5H3;1H. The van der Waals surface area contributed by atoms with Crippen LogP contribution in [0.25, 0.3) is 11.4 Å². The number of benzene rings is 2. The normalized spacial score (nSPS) is 11.1. The first kappa shape index (κ1) is 26.0. The van der Waals surface area contributed by atoms with Gasteiger partial charge in [-0.3, -0.25) is 0 Å². The number of hydrogen-bond donors (Lipinski definition) is 0. The number of aromatic nitrogens is 2. The number of likely N-dealkylation sites (N-methyl/N-ethyl adjacent to an activating group) is 1. The summed E-state index contributed by atoms with van der Waals surface area (Å²) in [5.74, 6) is -5.95. The van der Waals surface area contributed by atoms with Crippen molar-refractivity contribution in [1.82, 2.24) is 14.3 Å². The highest BCUT2D eigenvalue weighted by Crippen LogP contribution is 2.34. The van der Waals surface area contributed by atoms with Gasteiger partial charge in [0.2, 0.25) is 0 Å². The molecule has 0 N–H and O–H groups in total. The SMILES string of the molecule is CCN(C)CCc1cc(C)c(Oc2nc(-c3c(F)c(F)c(C)c(F)c3F)ns2)cc1C.Cl. The van der Waals surface area contributed by atoms with E-state index in [1.807, 2.05) is 26.0 Å². The number of aryl methyl sites for hydroxylation is 2. The fourth-order valence-corrected chi connectivity index (χ4v) is 3.63. The first-order valence-corrected chi connectivity index (χ1v) is 10.5. The van der Waals surface area contributed by atoms with Gasteiger partial charge in [0.25, 0.3) is 5.19 Å². The summed E-state index contributed by atoms with van der Waals surface area (Å²) < 4.78 is 65.8. The molecule has 4 nitrogen and oxygen atoms in total. The van der Waals surface area contributed by atoms with Crippen molar-refractivity contribution in [3.05, 3.63) is 57.7 Å². The van der Waals surface area contributed by atoms with Crippen molar-refractivity contribution in [2.24, 2.45) is 0 Å². The van der Waals surface area contributed by atoms with Crippen LogP contribution in [0.1, 0.15) is 29.2 Å². The van der Waals surface area contributed by atoms with E-state index < -0.39 is 40.2 Å². The largest absolute Gasteiger partial charge is 0.430 e. The summed E-state index contributed by atoms with van der Waals surface area (Å²) in [4.78, 5) is 6.16. The van der Waals surface area contributed by atoms with Crippen LogP contribution in [0.15, 0.2) is 12.1 Å². The van der Waals surface area contributed by atoms with E-state index in [0.29, 0.717) is 5.75 Å². The van der Waals surface area contributed by atoms with E-state index in [9.17, 15) is 17.6 Å². The van der Waals surface area contributed by atoms with Crippen molar-refractivity contribution in [2.45, 2.75) is 34.1 Å². The molecule has 0 aliphatic heterocycles. The lowest BCUT2D eigenvalue weighted by atomic mass is 10.0. The third kappa shape index (κ3) is 5.22. The molecule has 0 fully saturated rings. The van der Waals surface area contributed by atoms with E-state index in [4.69, 9.17) is 4.74 Å². The van der Waals surface area contributed by atoms with Gasteiger partial charge in [0.05, 0.1) is 5.56 Å². The van der Waals surface area contributed by atoms with Gasteiger partial charge >= 0.3 is 0 Å². The monoisotopic (exact) mass is 489 g/mol. The molecule has 0 aliphatic rings. The van der Waals surface area contributed by atoms with Gasteiger partial charge in [-0.15, -0.1) is 12.4 Å². The van der Waals surface area contributed by atoms with Crippen molar-refractivity contribution in [1.29, 1.82) is 0 Å². The molecule has 0 atom stereocenters. The molecule has 10 heteroatoms. The van der Waals surface area contributed by atoms with Crippen LogP contribution in [0.4, 0.5) is 17.6 Å². The first-order valence-electron chi connectivity index (χ1n) is 9.77. The van der Waals surface area contributed by atoms with Gasteiger partial charge in [-0.1, -0.05) is 13.0 Å². The summed E-state index contributed by atoms with van der Waals surface area (Å²) in [7, 11) is 2.06. The molecule has 32 heavy (non-hydrogen) atoms. The lowest BCUT2D eigenvalue weighted by molar-refractivity contribution is 0.357. The van der Waals surface area contributed by atoms with Gasteiger partial charge in [-0.05, 0) is 63.5 Å². The summed E-state index contributed by atoms with van der Waals surface area (Å²) in [6.07, 6.45) is 0.892. The Morgan fingerprint density at radius 3 is 2.19 bits per heavy atom. The second kappa shape index (κ2) is 10.6. The minimum absolute atomic E-state index is 0. The van der Waals surface area contributed by atoms with E-state index in [2.05, 4.69) is 28.2 Å². The maximum absolute atomic E-state index is 14.2. The van der Waals surface area contributed by atoms with Crippen LogP contribution in [0.2, 0.25) is 0 Å². The van der Waals surface area contributed by atoms with E-state index in [0.717, 1.165) is 49.1 Å². The Balaban J connectivity index is 0.00000363. The molecule has 0 radical (unpaired) electrons. The smallest absolute Gasteiger partial charge is 0.299 e. The highest BCUT2D eigenvalue weighted by molar-refractivity contribution is 7.07. The summed E-state index contributed by atoms with van der Waals surface area (Å²) in [6, 6.07) is 3.89. The van der Waals surface area contributed by atoms with E-state index in [1.165, 1.54) is 5.56 Å². The van der Waals surface area contributed by atoms with Gasteiger partial charge in [0, 0.05) is 23.6 Å². The molecule has 1 heterocycles. The Kier molecular flexibility index (Phi) is 8.61. The van der Waals surface area contributed by atoms with Gasteiger partial charge in [0.1, 0.15) is 5.75 Å². The van der Waals surface area contributed by atoms with Crippen LogP contribution in [0.3, 0.4) is 0 Å². The van der Waals surface area contributed by atoms with Crippen LogP contribution in [0, 0.1) is 44.0 Å². The Labute approximate surface area is 194 Å². The number of rotatable bonds is 7. The lowest BCUT2D eigenvalue weighted by Gasteiger charge is -2.16. The molecule has 0 bridgehead atoms. The van der Waals surface area contributed by atoms with Crippen LogP contribution in [-0.4, -0.2) is 34.4 Å². The van der Waals surface area contributed by atoms with Gasteiger partial charge in [-0.25, -0.2) is 17.6 Å². The summed E-state index contributed by atoms with van der Waals surface area (Å²) >= 11 is 0.740. The Bertz CT molecular complexity index is 1090. The Morgan fingerprint density at radius 1 is 0.969 bits per heavy atom. The molecule has 1 aromatic heterocycles. The second-order valence-electron chi connectivity index (χ2n) is 7.43. The van der Waals surface area contributed by atoms with E-state index >= 15 is 0 Å². The maximum atomic E-state index is 14.2. The molecular formula is C22H24ClF4N3OS. The number of hydrogen-bond acceptors (Lipinski definition) is 5. The van der Waals surface area contributed by atoms with Crippen LogP contribution < -0.4 is 4.74 Å². The van der Waals surface area contributed by atoms with Crippen LogP contribution in [-0.2, 0) is 6.42 Å². The van der Waals surface area contributed by atoms with E-state index in [1.54, 1.807) is 0 Å². The predicted octanol–water partition coefficient (Wildman–Crippen LogP) is 6.40. The number of nitrogens with zero attached hydrogens (tertiary/aromatic N) is 3. The number of ether oxygens (including phenoxy) is 1. The van der Waals surface area contributed by atoms with Crippen molar-refractivity contribution >= 4 is 23.9 Å². The Morgan fingerprint density at radius 2 is 1.59 bits per heavy atom. The predicted molar refractivity (Wildman–Crippen MR) is 120 cm³/mol. The molecule has 0 unspecified atom stereocenters. The summed E-state index contributed by atoms with van der Waals surface area (Å²) in [5, 5.41) is 0.0103. The zero-order valence-corrected chi connectivity index (χ0v) is 20.0. The lowest BCUT2D eigenvalue weighted by Crippen LogP contribution is -2.20. The second-order valence-corrected chi connectivity index (χ2v) is 8.15. The average Bonchev–Trinajstić information content (AvgIpc) is 3.20. The highest BCUT2D eigenvalue weighted by Gasteiger charge is 2.27. The van der Waals surface area contributed by atoms with Crippen molar-refractivity contribution in [3.63, 3.8) is 0 Å². The zero-order valence-electron chi connectivity index (χ0n) is 18.4. The molecule has 0 saturated heterocycles. The van der Waals surface area contributed by atoms with Crippen molar-refractivity contribution < 1.29 is 22.3 Å². The average molecular weight is 490 g/mol. The fraction of sp³-hybridized carbons (Fsp3) is 0.364. The van der Waals surface area contributed by atoms with Gasteiger partial charge in [-0.2, -0.15) is 9.36 Å². The first-order chi connectivity index (χ1) is 14.6. The van der Waals surface area contributed by atoms with Gasteiger partial charge in [0.15, 0.2) is 29.1 Å². The quantitative estimate of drug-likeness (QED) is 0.284. The van der Waals surface area contributed by atoms with Crippen LogP contribution >= 0.6 is 23.9 Å². The molecule has 174 valence electrons. The summed E-state index contributed by atoms with van der Waals surface area (Å²) in [5.41, 5.74) is 1.41. The topological polar surface area (TPSA) is 38.2 Å². The molecule has 2 aromatic carbocycles. The molecule has 0 aliphatic carbocycles. The van der Waals surface area contributed by atoms with Gasteiger partial charge < -0.3 is 9.64 Å². The molecule has 0 saturated carbocycles. The summed E-state index contributed by atoms with van der Waals surface area (Å²) in [6.45, 7) is 8.81. The maximum Gasteiger partial charge on any atom is 0.299 e. The number of halogens is 5. The Hall–Kier alpha value is -2.23. The molecule has 0 amide bonds. The molecular weight excluding hydrogens is 466 g/mol. The molecule has 0 spiro atoms. The molecule has 3 rings (SSSR count). The molecule has 3 aromatic rings. The third-order valence-electron chi connectivity index (χ3n) is 5.25. The van der Waals surface area contributed by atoms with Crippen LogP contribution in [0.5, 0.6) is 10.9 Å². The van der Waals surface area contributed by atoms with E-state index in [-0.39, 0.29) is 17.6 Å². The van der Waals surface area contributed by atoms with Crippen molar-refractivity contribution in [2.75, 3.05) is 20.1 Å². The minimum atomic E-state index is -1.53. The highest BCUT2D eigenvalue weighted by atomic mass is 35.5. The minimum Gasteiger partial charge on any atom is -0.430 e.